The minimum absolute atomic E-state index is 0.0296. The zero-order chi connectivity index (χ0) is 12.3. The number of nitrogens with zero attached hydrogens (tertiary/aromatic N) is 1. The number of H-pyrrole nitrogens is 1. The van der Waals surface area contributed by atoms with Crippen molar-refractivity contribution in [1.29, 1.82) is 0 Å². The summed E-state index contributed by atoms with van der Waals surface area (Å²) in [5.41, 5.74) is 3.36. The Morgan fingerprint density at radius 3 is 2.82 bits per heavy atom. The van der Waals surface area contributed by atoms with Gasteiger partial charge in [0.25, 0.3) is 0 Å². The number of aromatic nitrogens is 2. The molecule has 4 heteroatoms. The van der Waals surface area contributed by atoms with Crippen molar-refractivity contribution in [3.05, 3.63) is 35.5 Å². The third-order valence-corrected chi connectivity index (χ3v) is 2.67. The second-order valence-electron chi connectivity index (χ2n) is 3.76. The van der Waals surface area contributed by atoms with E-state index in [1.165, 1.54) is 0 Å². The highest BCUT2D eigenvalue weighted by Gasteiger charge is 2.14. The average Bonchev–Trinajstić information content (AvgIpc) is 2.71. The summed E-state index contributed by atoms with van der Waals surface area (Å²) in [5, 5.41) is 16.5. The van der Waals surface area contributed by atoms with Crippen LogP contribution in [-0.2, 0) is 6.61 Å². The van der Waals surface area contributed by atoms with Crippen molar-refractivity contribution in [2.75, 3.05) is 6.61 Å². The van der Waals surface area contributed by atoms with E-state index >= 15 is 0 Å². The lowest BCUT2D eigenvalue weighted by atomic mass is 10.1. The lowest BCUT2D eigenvalue weighted by molar-refractivity contribution is 0.281. The highest BCUT2D eigenvalue weighted by atomic mass is 16.5. The fraction of sp³-hybridized carbons (Fsp3) is 0.308. The van der Waals surface area contributed by atoms with Gasteiger partial charge in [0, 0.05) is 16.8 Å². The number of benzene rings is 1. The predicted molar refractivity (Wildman–Crippen MR) is 65.9 cm³/mol. The van der Waals surface area contributed by atoms with Gasteiger partial charge in [0.15, 0.2) is 0 Å². The molecule has 0 amide bonds. The smallest absolute Gasteiger partial charge is 0.128 e. The summed E-state index contributed by atoms with van der Waals surface area (Å²) in [6, 6.07) is 7.71. The van der Waals surface area contributed by atoms with E-state index in [1.807, 2.05) is 38.1 Å². The summed E-state index contributed by atoms with van der Waals surface area (Å²) < 4.78 is 5.56. The van der Waals surface area contributed by atoms with Crippen LogP contribution in [0.2, 0.25) is 0 Å². The molecule has 0 atom stereocenters. The molecule has 0 spiro atoms. The van der Waals surface area contributed by atoms with E-state index < -0.39 is 0 Å². The maximum atomic E-state index is 9.37. The van der Waals surface area contributed by atoms with Gasteiger partial charge in [-0.1, -0.05) is 12.1 Å². The van der Waals surface area contributed by atoms with E-state index in [9.17, 15) is 5.11 Å². The first-order chi connectivity index (χ1) is 8.27. The largest absolute Gasteiger partial charge is 0.493 e. The summed E-state index contributed by atoms with van der Waals surface area (Å²) >= 11 is 0. The van der Waals surface area contributed by atoms with Gasteiger partial charge in [0.05, 0.1) is 13.2 Å². The molecule has 4 nitrogen and oxygen atoms in total. The maximum absolute atomic E-state index is 9.37. The van der Waals surface area contributed by atoms with Crippen LogP contribution in [0.5, 0.6) is 5.75 Å². The van der Waals surface area contributed by atoms with Crippen LogP contribution in [0.3, 0.4) is 0 Å². The van der Waals surface area contributed by atoms with E-state index in [0.717, 1.165) is 28.3 Å². The summed E-state index contributed by atoms with van der Waals surface area (Å²) in [5.74, 6) is 0.788. The fourth-order valence-corrected chi connectivity index (χ4v) is 1.81. The van der Waals surface area contributed by atoms with Gasteiger partial charge in [-0.15, -0.1) is 0 Å². The normalized spacial score (nSPS) is 10.5. The number of hydrogen-bond donors (Lipinski definition) is 2. The fourth-order valence-electron chi connectivity index (χ4n) is 1.81. The molecule has 0 aliphatic heterocycles. The molecule has 0 fully saturated rings. The Balaban J connectivity index is 2.52. The second-order valence-corrected chi connectivity index (χ2v) is 3.76. The number of hydrogen-bond acceptors (Lipinski definition) is 3. The molecule has 1 heterocycles. The number of aromatic amines is 1. The Bertz CT molecular complexity index is 506. The van der Waals surface area contributed by atoms with Crippen LogP contribution in [0.4, 0.5) is 0 Å². The van der Waals surface area contributed by atoms with Crippen LogP contribution in [-0.4, -0.2) is 21.9 Å². The first kappa shape index (κ1) is 11.7. The Morgan fingerprint density at radius 1 is 1.35 bits per heavy atom. The predicted octanol–water partition coefficient (Wildman–Crippen LogP) is 2.28. The molecule has 1 aromatic carbocycles. The Hall–Kier alpha value is -1.81. The van der Waals surface area contributed by atoms with Crippen LogP contribution in [0, 0.1) is 6.92 Å². The number of aliphatic hydroxyl groups is 1. The van der Waals surface area contributed by atoms with Crippen LogP contribution >= 0.6 is 0 Å². The number of rotatable bonds is 4. The molecule has 2 rings (SSSR count). The van der Waals surface area contributed by atoms with Gasteiger partial charge < -0.3 is 9.84 Å². The van der Waals surface area contributed by atoms with Gasteiger partial charge in [-0.25, -0.2) is 0 Å². The molecule has 17 heavy (non-hydrogen) atoms. The maximum Gasteiger partial charge on any atom is 0.128 e. The monoisotopic (exact) mass is 232 g/mol. The van der Waals surface area contributed by atoms with Crippen molar-refractivity contribution in [3.8, 4) is 17.0 Å². The second kappa shape index (κ2) is 5.01. The van der Waals surface area contributed by atoms with Gasteiger partial charge in [-0.05, 0) is 26.0 Å². The molecule has 90 valence electrons. The number of nitrogens with one attached hydrogen (secondary N) is 1. The first-order valence-corrected chi connectivity index (χ1v) is 5.64. The SMILES string of the molecule is CCOc1ccccc1-c1n[nH]c(C)c1CO. The molecule has 0 bridgehead atoms. The van der Waals surface area contributed by atoms with Crippen molar-refractivity contribution in [2.45, 2.75) is 20.5 Å². The molecule has 0 aliphatic carbocycles. The van der Waals surface area contributed by atoms with Gasteiger partial charge in [-0.3, -0.25) is 5.10 Å². The minimum atomic E-state index is -0.0296. The van der Waals surface area contributed by atoms with Gasteiger partial charge in [0.2, 0.25) is 0 Å². The van der Waals surface area contributed by atoms with E-state index in [-0.39, 0.29) is 6.61 Å². The quantitative estimate of drug-likeness (QED) is 0.850. The molecule has 0 unspecified atom stereocenters. The topological polar surface area (TPSA) is 58.1 Å². The highest BCUT2D eigenvalue weighted by Crippen LogP contribution is 2.31. The van der Waals surface area contributed by atoms with Crippen LogP contribution in [0.25, 0.3) is 11.3 Å². The van der Waals surface area contributed by atoms with Gasteiger partial charge >= 0.3 is 0 Å². The Morgan fingerprint density at radius 2 is 2.12 bits per heavy atom. The van der Waals surface area contributed by atoms with E-state index in [4.69, 9.17) is 4.74 Å². The van der Waals surface area contributed by atoms with Crippen LogP contribution in [0.15, 0.2) is 24.3 Å². The lowest BCUT2D eigenvalue weighted by Gasteiger charge is -2.09. The van der Waals surface area contributed by atoms with E-state index in [1.54, 1.807) is 0 Å². The third kappa shape index (κ3) is 2.17. The minimum Gasteiger partial charge on any atom is -0.493 e. The first-order valence-electron chi connectivity index (χ1n) is 5.64. The number of aryl methyl sites for hydroxylation is 1. The zero-order valence-corrected chi connectivity index (χ0v) is 10.0. The van der Waals surface area contributed by atoms with E-state index in [2.05, 4.69) is 10.2 Å². The molecule has 0 saturated carbocycles. The Labute approximate surface area is 100 Å². The molecule has 1 aromatic heterocycles. The van der Waals surface area contributed by atoms with Crippen LogP contribution < -0.4 is 4.74 Å². The number of aliphatic hydroxyl groups excluding tert-OH is 1. The average molecular weight is 232 g/mol. The zero-order valence-electron chi connectivity index (χ0n) is 10.0. The number of ether oxygens (including phenoxy) is 1. The molecular weight excluding hydrogens is 216 g/mol. The van der Waals surface area contributed by atoms with Crippen molar-refractivity contribution >= 4 is 0 Å². The summed E-state index contributed by atoms with van der Waals surface area (Å²) in [6.45, 7) is 4.41. The van der Waals surface area contributed by atoms with Crippen LogP contribution in [0.1, 0.15) is 18.2 Å². The summed E-state index contributed by atoms with van der Waals surface area (Å²) in [6.07, 6.45) is 0. The highest BCUT2D eigenvalue weighted by molar-refractivity contribution is 5.70. The summed E-state index contributed by atoms with van der Waals surface area (Å²) in [7, 11) is 0. The lowest BCUT2D eigenvalue weighted by Crippen LogP contribution is -1.95. The standard InChI is InChI=1S/C13H16N2O2/c1-3-17-12-7-5-4-6-10(12)13-11(8-16)9(2)14-15-13/h4-7,16H,3,8H2,1-2H3,(H,14,15). The molecular formula is C13H16N2O2. The molecule has 2 aromatic rings. The van der Waals surface area contributed by atoms with Gasteiger partial charge in [-0.2, -0.15) is 5.10 Å². The van der Waals surface area contributed by atoms with Crippen molar-refractivity contribution < 1.29 is 9.84 Å². The van der Waals surface area contributed by atoms with Crippen molar-refractivity contribution in [1.82, 2.24) is 10.2 Å². The molecule has 2 N–H and O–H groups in total. The van der Waals surface area contributed by atoms with Crippen molar-refractivity contribution in [3.63, 3.8) is 0 Å². The molecule has 0 radical (unpaired) electrons. The van der Waals surface area contributed by atoms with Gasteiger partial charge in [0.1, 0.15) is 11.4 Å². The number of para-hydroxylation sites is 1. The van der Waals surface area contributed by atoms with E-state index in [0.29, 0.717) is 6.61 Å². The summed E-state index contributed by atoms with van der Waals surface area (Å²) in [4.78, 5) is 0. The molecule has 0 saturated heterocycles. The third-order valence-electron chi connectivity index (χ3n) is 2.67. The Kier molecular flexibility index (Phi) is 3.44. The van der Waals surface area contributed by atoms with Crippen molar-refractivity contribution in [2.24, 2.45) is 0 Å². The molecule has 0 aliphatic rings.